The lowest BCUT2D eigenvalue weighted by Gasteiger charge is -2.02. The Labute approximate surface area is 92.5 Å². The molecule has 2 N–H and O–H groups in total. The van der Waals surface area contributed by atoms with Crippen LogP contribution in [0, 0.1) is 5.95 Å². The zero-order chi connectivity index (χ0) is 11.5. The Kier molecular flexibility index (Phi) is 2.98. The average Bonchev–Trinajstić information content (AvgIpc) is 2.62. The lowest BCUT2D eigenvalue weighted by Crippen LogP contribution is -2.02. The van der Waals surface area contributed by atoms with Crippen molar-refractivity contribution in [3.05, 3.63) is 12.3 Å². The summed E-state index contributed by atoms with van der Waals surface area (Å²) in [5.41, 5.74) is 6.06. The standard InChI is InChI=1S/C10H14FN5/c1-2-3-4-5-16-6-13-7-8(11)14-10(12)15-9(7)16/h6H,2-5H2,1H3,(H2,12,14,15). The van der Waals surface area contributed by atoms with Crippen LogP contribution < -0.4 is 5.73 Å². The van der Waals surface area contributed by atoms with E-state index in [9.17, 15) is 4.39 Å². The second kappa shape index (κ2) is 4.42. The summed E-state index contributed by atoms with van der Waals surface area (Å²) < 4.78 is 15.2. The quantitative estimate of drug-likeness (QED) is 0.633. The molecule has 0 amide bonds. The van der Waals surface area contributed by atoms with Crippen LogP contribution >= 0.6 is 0 Å². The third-order valence-electron chi connectivity index (χ3n) is 2.44. The number of hydrogen-bond donors (Lipinski definition) is 1. The van der Waals surface area contributed by atoms with Crippen LogP contribution in [0.3, 0.4) is 0 Å². The van der Waals surface area contributed by atoms with Crippen LogP contribution in [-0.4, -0.2) is 19.5 Å². The number of aromatic nitrogens is 4. The highest BCUT2D eigenvalue weighted by molar-refractivity contribution is 5.71. The van der Waals surface area contributed by atoms with Gasteiger partial charge in [0.2, 0.25) is 11.9 Å². The Hall–Kier alpha value is -1.72. The number of anilines is 1. The van der Waals surface area contributed by atoms with E-state index in [-0.39, 0.29) is 11.5 Å². The topological polar surface area (TPSA) is 69.6 Å². The summed E-state index contributed by atoms with van der Waals surface area (Å²) in [4.78, 5) is 11.4. The second-order valence-electron chi connectivity index (χ2n) is 3.69. The van der Waals surface area contributed by atoms with E-state index in [4.69, 9.17) is 5.73 Å². The predicted molar refractivity (Wildman–Crippen MR) is 59.2 cm³/mol. The minimum Gasteiger partial charge on any atom is -0.368 e. The molecule has 0 aliphatic heterocycles. The summed E-state index contributed by atoms with van der Waals surface area (Å²) in [6.45, 7) is 2.91. The van der Waals surface area contributed by atoms with Crippen molar-refractivity contribution in [1.82, 2.24) is 19.5 Å². The number of nitrogen functional groups attached to an aromatic ring is 1. The summed E-state index contributed by atoms with van der Waals surface area (Å²) in [5, 5.41) is 0. The van der Waals surface area contributed by atoms with Gasteiger partial charge in [-0.05, 0) is 6.42 Å². The summed E-state index contributed by atoms with van der Waals surface area (Å²) in [5.74, 6) is -0.709. The molecule has 16 heavy (non-hydrogen) atoms. The molecule has 5 nitrogen and oxygen atoms in total. The third kappa shape index (κ3) is 1.95. The zero-order valence-electron chi connectivity index (χ0n) is 9.15. The number of imidazole rings is 1. The Bertz CT molecular complexity index is 493. The lowest BCUT2D eigenvalue weighted by molar-refractivity contribution is 0.591. The van der Waals surface area contributed by atoms with Crippen molar-refractivity contribution < 1.29 is 4.39 Å². The maximum atomic E-state index is 13.3. The van der Waals surface area contributed by atoms with E-state index >= 15 is 0 Å². The van der Waals surface area contributed by atoms with Gasteiger partial charge in [-0.15, -0.1) is 0 Å². The molecule has 0 aliphatic carbocycles. The molecule has 0 bridgehead atoms. The first-order valence-corrected chi connectivity index (χ1v) is 5.36. The number of nitrogens with two attached hydrogens (primary N) is 1. The first-order valence-electron chi connectivity index (χ1n) is 5.36. The van der Waals surface area contributed by atoms with Crippen LogP contribution in [0.25, 0.3) is 11.2 Å². The Morgan fingerprint density at radius 3 is 2.94 bits per heavy atom. The normalized spacial score (nSPS) is 11.1. The third-order valence-corrected chi connectivity index (χ3v) is 2.44. The van der Waals surface area contributed by atoms with Gasteiger partial charge in [-0.2, -0.15) is 14.4 Å². The molecular weight excluding hydrogens is 209 g/mol. The van der Waals surface area contributed by atoms with Crippen LogP contribution in [0.15, 0.2) is 6.33 Å². The molecule has 2 aromatic heterocycles. The predicted octanol–water partition coefficient (Wildman–Crippen LogP) is 1.74. The van der Waals surface area contributed by atoms with Gasteiger partial charge in [-0.25, -0.2) is 4.98 Å². The largest absolute Gasteiger partial charge is 0.368 e. The van der Waals surface area contributed by atoms with E-state index in [2.05, 4.69) is 21.9 Å². The van der Waals surface area contributed by atoms with Gasteiger partial charge >= 0.3 is 0 Å². The number of nitrogens with zero attached hydrogens (tertiary/aromatic N) is 4. The first-order chi connectivity index (χ1) is 7.72. The van der Waals surface area contributed by atoms with Crippen molar-refractivity contribution in [2.45, 2.75) is 32.7 Å². The zero-order valence-corrected chi connectivity index (χ0v) is 9.15. The molecule has 0 unspecified atom stereocenters. The second-order valence-corrected chi connectivity index (χ2v) is 3.69. The fraction of sp³-hybridized carbons (Fsp3) is 0.500. The van der Waals surface area contributed by atoms with Crippen LogP contribution in [0.2, 0.25) is 0 Å². The minimum atomic E-state index is -0.656. The molecule has 2 aromatic rings. The van der Waals surface area contributed by atoms with Gasteiger partial charge < -0.3 is 10.3 Å². The first kappa shape index (κ1) is 10.8. The number of unbranched alkanes of at least 4 members (excludes halogenated alkanes) is 2. The molecule has 6 heteroatoms. The molecular formula is C10H14FN5. The number of halogens is 1. The Balaban J connectivity index is 2.32. The fourth-order valence-corrected chi connectivity index (χ4v) is 1.62. The van der Waals surface area contributed by atoms with E-state index in [1.165, 1.54) is 0 Å². The number of fused-ring (bicyclic) bond motifs is 1. The Morgan fingerprint density at radius 1 is 1.38 bits per heavy atom. The highest BCUT2D eigenvalue weighted by Crippen LogP contribution is 2.14. The summed E-state index contributed by atoms with van der Waals surface area (Å²) >= 11 is 0. The molecule has 0 saturated heterocycles. The van der Waals surface area contributed by atoms with E-state index in [1.807, 2.05) is 4.57 Å². The van der Waals surface area contributed by atoms with Gasteiger partial charge in [0.05, 0.1) is 6.33 Å². The fourth-order valence-electron chi connectivity index (χ4n) is 1.62. The summed E-state index contributed by atoms with van der Waals surface area (Å²) in [7, 11) is 0. The maximum absolute atomic E-state index is 13.3. The van der Waals surface area contributed by atoms with Crippen molar-refractivity contribution in [2.24, 2.45) is 0 Å². The van der Waals surface area contributed by atoms with Gasteiger partial charge in [-0.3, -0.25) is 0 Å². The Morgan fingerprint density at radius 2 is 2.19 bits per heavy atom. The molecule has 0 saturated carbocycles. The molecule has 86 valence electrons. The van der Waals surface area contributed by atoms with E-state index < -0.39 is 5.95 Å². The maximum Gasteiger partial charge on any atom is 0.245 e. The van der Waals surface area contributed by atoms with Crippen LogP contribution in [0.1, 0.15) is 26.2 Å². The number of rotatable bonds is 4. The molecule has 0 fully saturated rings. The van der Waals surface area contributed by atoms with Gasteiger partial charge in [0.1, 0.15) is 0 Å². The van der Waals surface area contributed by atoms with Crippen LogP contribution in [-0.2, 0) is 6.54 Å². The highest BCUT2D eigenvalue weighted by atomic mass is 19.1. The van der Waals surface area contributed by atoms with E-state index in [1.54, 1.807) is 6.33 Å². The molecule has 0 atom stereocenters. The van der Waals surface area contributed by atoms with Gasteiger partial charge in [0, 0.05) is 6.54 Å². The molecule has 0 radical (unpaired) electrons. The van der Waals surface area contributed by atoms with E-state index in [0.29, 0.717) is 5.65 Å². The molecule has 2 rings (SSSR count). The van der Waals surface area contributed by atoms with Crippen molar-refractivity contribution in [1.29, 1.82) is 0 Å². The number of hydrogen-bond acceptors (Lipinski definition) is 4. The molecule has 0 spiro atoms. The van der Waals surface area contributed by atoms with Gasteiger partial charge in [-0.1, -0.05) is 19.8 Å². The van der Waals surface area contributed by atoms with Gasteiger partial charge in [0.15, 0.2) is 11.2 Å². The highest BCUT2D eigenvalue weighted by Gasteiger charge is 2.11. The minimum absolute atomic E-state index is 0.0535. The van der Waals surface area contributed by atoms with Crippen molar-refractivity contribution in [3.8, 4) is 0 Å². The molecule has 0 aliphatic rings. The van der Waals surface area contributed by atoms with Crippen molar-refractivity contribution in [3.63, 3.8) is 0 Å². The molecule has 2 heterocycles. The summed E-state index contributed by atoms with van der Waals surface area (Å²) in [6.07, 6.45) is 4.87. The lowest BCUT2D eigenvalue weighted by atomic mass is 10.2. The average molecular weight is 223 g/mol. The number of aryl methyl sites for hydroxylation is 1. The van der Waals surface area contributed by atoms with Crippen LogP contribution in [0.5, 0.6) is 0 Å². The monoisotopic (exact) mass is 223 g/mol. The van der Waals surface area contributed by atoms with Crippen LogP contribution in [0.4, 0.5) is 10.3 Å². The SMILES string of the molecule is CCCCCn1cnc2c(F)nc(N)nc21. The van der Waals surface area contributed by atoms with Crippen molar-refractivity contribution >= 4 is 17.1 Å². The summed E-state index contributed by atoms with van der Waals surface area (Å²) in [6, 6.07) is 0. The molecule has 0 aromatic carbocycles. The van der Waals surface area contributed by atoms with Crippen molar-refractivity contribution in [2.75, 3.05) is 5.73 Å². The van der Waals surface area contributed by atoms with E-state index in [0.717, 1.165) is 25.8 Å². The van der Waals surface area contributed by atoms with Gasteiger partial charge in [0.25, 0.3) is 0 Å². The smallest absolute Gasteiger partial charge is 0.245 e.